The Morgan fingerprint density at radius 1 is 1.61 bits per heavy atom. The van der Waals surface area contributed by atoms with Crippen molar-refractivity contribution in [3.05, 3.63) is 33.1 Å². The smallest absolute Gasteiger partial charge is 0.330 e. The largest absolute Gasteiger partial charge is 0.394 e. The molecular formula is C10H13FN2O5. The van der Waals surface area contributed by atoms with Crippen molar-refractivity contribution >= 4 is 0 Å². The Morgan fingerprint density at radius 3 is 2.78 bits per heavy atom. The Labute approximate surface area is 100 Å². The van der Waals surface area contributed by atoms with Crippen molar-refractivity contribution in [1.29, 1.82) is 0 Å². The van der Waals surface area contributed by atoms with Crippen LogP contribution < -0.4 is 11.2 Å². The van der Waals surface area contributed by atoms with Crippen LogP contribution in [0, 0.1) is 0 Å². The Hall–Kier alpha value is -1.51. The summed E-state index contributed by atoms with van der Waals surface area (Å²) in [6, 6.07) is 1.04. The second-order valence-electron chi connectivity index (χ2n) is 4.32. The van der Waals surface area contributed by atoms with Crippen molar-refractivity contribution in [3.63, 3.8) is 0 Å². The fourth-order valence-corrected chi connectivity index (χ4v) is 1.97. The molecule has 3 N–H and O–H groups in total. The molecule has 1 fully saturated rings. The van der Waals surface area contributed by atoms with Gasteiger partial charge in [0.25, 0.3) is 5.56 Å². The molecule has 1 aromatic heterocycles. The standard InChI is InChI=1S/C10H13FN2O5/c1-10(11)7(16)5(4-14)18-8(10)13-3-2-6(15)12-9(13)17/h2-3,5,7-8,14,16H,4H2,1H3,(H,12,15,17)/t5-,7-,8?,10-/m1/s1. The molecule has 0 aliphatic carbocycles. The molecule has 1 saturated heterocycles. The van der Waals surface area contributed by atoms with Crippen LogP contribution in [0.15, 0.2) is 21.9 Å². The number of aromatic amines is 1. The van der Waals surface area contributed by atoms with Gasteiger partial charge in [-0.05, 0) is 6.92 Å². The highest BCUT2D eigenvalue weighted by atomic mass is 19.1. The number of aromatic nitrogens is 2. The maximum absolute atomic E-state index is 14.3. The molecule has 0 bridgehead atoms. The molecule has 0 spiro atoms. The Morgan fingerprint density at radius 2 is 2.28 bits per heavy atom. The molecule has 1 unspecified atom stereocenters. The first-order valence-corrected chi connectivity index (χ1v) is 5.32. The van der Waals surface area contributed by atoms with E-state index >= 15 is 0 Å². The zero-order valence-electron chi connectivity index (χ0n) is 9.54. The van der Waals surface area contributed by atoms with Crippen LogP contribution in [0.2, 0.25) is 0 Å². The molecule has 8 heteroatoms. The van der Waals surface area contributed by atoms with Gasteiger partial charge in [0, 0.05) is 12.3 Å². The number of nitrogens with zero attached hydrogens (tertiary/aromatic N) is 1. The molecule has 2 rings (SSSR count). The number of halogens is 1. The molecule has 1 aliphatic heterocycles. The van der Waals surface area contributed by atoms with E-state index in [0.717, 1.165) is 23.8 Å². The molecule has 4 atom stereocenters. The predicted molar refractivity (Wildman–Crippen MR) is 57.8 cm³/mol. The van der Waals surface area contributed by atoms with Crippen LogP contribution >= 0.6 is 0 Å². The van der Waals surface area contributed by atoms with Crippen LogP contribution in [0.4, 0.5) is 4.39 Å². The number of hydrogen-bond donors (Lipinski definition) is 3. The third-order valence-electron chi connectivity index (χ3n) is 3.00. The lowest BCUT2D eigenvalue weighted by molar-refractivity contribution is -0.0611. The first-order chi connectivity index (χ1) is 8.37. The minimum Gasteiger partial charge on any atom is -0.394 e. The van der Waals surface area contributed by atoms with Gasteiger partial charge in [-0.25, -0.2) is 9.18 Å². The van der Waals surface area contributed by atoms with Crippen molar-refractivity contribution in [1.82, 2.24) is 9.55 Å². The first kappa shape index (κ1) is 12.9. The second-order valence-corrected chi connectivity index (χ2v) is 4.32. The summed E-state index contributed by atoms with van der Waals surface area (Å²) >= 11 is 0. The quantitative estimate of drug-likeness (QED) is 0.601. The van der Waals surface area contributed by atoms with E-state index in [1.165, 1.54) is 0 Å². The van der Waals surface area contributed by atoms with Gasteiger partial charge in [-0.15, -0.1) is 0 Å². The van der Waals surface area contributed by atoms with Crippen LogP contribution in [0.3, 0.4) is 0 Å². The van der Waals surface area contributed by atoms with Gasteiger partial charge in [0.15, 0.2) is 11.9 Å². The fourth-order valence-electron chi connectivity index (χ4n) is 1.97. The molecule has 0 aromatic carbocycles. The summed E-state index contributed by atoms with van der Waals surface area (Å²) in [6.45, 7) is 0.491. The molecule has 1 aromatic rings. The van der Waals surface area contributed by atoms with E-state index in [1.54, 1.807) is 0 Å². The maximum Gasteiger partial charge on any atom is 0.330 e. The number of hydrogen-bond acceptors (Lipinski definition) is 5. The van der Waals surface area contributed by atoms with Gasteiger partial charge in [-0.3, -0.25) is 14.3 Å². The van der Waals surface area contributed by atoms with Gasteiger partial charge >= 0.3 is 5.69 Å². The van der Waals surface area contributed by atoms with E-state index < -0.39 is 42.0 Å². The van der Waals surface area contributed by atoms with E-state index in [4.69, 9.17) is 9.84 Å². The molecular weight excluding hydrogens is 247 g/mol. The normalized spacial score (nSPS) is 35.9. The van der Waals surface area contributed by atoms with Crippen molar-refractivity contribution in [2.45, 2.75) is 31.0 Å². The number of aliphatic hydroxyl groups is 2. The zero-order valence-corrected chi connectivity index (χ0v) is 9.54. The highest BCUT2D eigenvalue weighted by Gasteiger charge is 2.54. The summed E-state index contributed by atoms with van der Waals surface area (Å²) in [5.74, 6) is 0. The highest BCUT2D eigenvalue weighted by molar-refractivity contribution is 5.01. The number of alkyl halides is 1. The van der Waals surface area contributed by atoms with E-state index in [-0.39, 0.29) is 0 Å². The summed E-state index contributed by atoms with van der Waals surface area (Å²) < 4.78 is 20.3. The highest BCUT2D eigenvalue weighted by Crippen LogP contribution is 2.40. The third-order valence-corrected chi connectivity index (χ3v) is 3.00. The molecule has 18 heavy (non-hydrogen) atoms. The number of rotatable bonds is 2. The third kappa shape index (κ3) is 1.88. The number of nitrogens with one attached hydrogen (secondary N) is 1. The van der Waals surface area contributed by atoms with E-state index in [1.807, 2.05) is 4.98 Å². The fraction of sp³-hybridized carbons (Fsp3) is 0.600. The summed E-state index contributed by atoms with van der Waals surface area (Å²) in [6.07, 6.45) is -3.01. The Balaban J connectivity index is 2.45. The van der Waals surface area contributed by atoms with Crippen LogP contribution in [-0.4, -0.2) is 44.2 Å². The number of ether oxygens (including phenoxy) is 1. The van der Waals surface area contributed by atoms with Crippen molar-refractivity contribution in [2.24, 2.45) is 0 Å². The van der Waals surface area contributed by atoms with Gasteiger partial charge in [0.2, 0.25) is 0 Å². The Bertz CT molecular complexity index is 552. The van der Waals surface area contributed by atoms with Crippen LogP contribution in [0.25, 0.3) is 0 Å². The molecule has 0 radical (unpaired) electrons. The second kappa shape index (κ2) is 4.30. The molecule has 7 nitrogen and oxygen atoms in total. The van der Waals surface area contributed by atoms with Gasteiger partial charge in [-0.1, -0.05) is 0 Å². The Kier molecular flexibility index (Phi) is 3.09. The van der Waals surface area contributed by atoms with Crippen LogP contribution in [0.5, 0.6) is 0 Å². The summed E-state index contributed by atoms with van der Waals surface area (Å²) in [7, 11) is 0. The van der Waals surface area contributed by atoms with E-state index in [2.05, 4.69) is 0 Å². The summed E-state index contributed by atoms with van der Waals surface area (Å²) in [4.78, 5) is 24.4. The van der Waals surface area contributed by atoms with Crippen LogP contribution in [-0.2, 0) is 4.74 Å². The first-order valence-electron chi connectivity index (χ1n) is 5.32. The lowest BCUT2D eigenvalue weighted by Gasteiger charge is -2.24. The lowest BCUT2D eigenvalue weighted by atomic mass is 9.98. The monoisotopic (exact) mass is 260 g/mol. The van der Waals surface area contributed by atoms with Gasteiger partial charge in [0.05, 0.1) is 6.61 Å². The van der Waals surface area contributed by atoms with Gasteiger partial charge in [-0.2, -0.15) is 0 Å². The average molecular weight is 260 g/mol. The van der Waals surface area contributed by atoms with Crippen molar-refractivity contribution in [2.75, 3.05) is 6.61 Å². The molecule has 1 aliphatic rings. The molecule has 2 heterocycles. The molecule has 0 amide bonds. The van der Waals surface area contributed by atoms with Crippen LogP contribution in [0.1, 0.15) is 13.2 Å². The van der Waals surface area contributed by atoms with E-state index in [0.29, 0.717) is 0 Å². The lowest BCUT2D eigenvalue weighted by Crippen LogP contribution is -2.43. The van der Waals surface area contributed by atoms with Gasteiger partial charge in [0.1, 0.15) is 12.2 Å². The minimum atomic E-state index is -2.25. The SMILES string of the molecule is C[C@]1(F)C(n2ccc(=O)[nH]c2=O)O[C@H](CO)[C@H]1O. The van der Waals surface area contributed by atoms with Gasteiger partial charge < -0.3 is 14.9 Å². The summed E-state index contributed by atoms with van der Waals surface area (Å²) in [5, 5.41) is 18.6. The molecule has 100 valence electrons. The number of H-pyrrole nitrogens is 1. The summed E-state index contributed by atoms with van der Waals surface area (Å²) in [5.41, 5.74) is -3.72. The predicted octanol–water partition coefficient (Wildman–Crippen LogP) is -1.48. The molecule has 0 saturated carbocycles. The average Bonchev–Trinajstić information content (AvgIpc) is 2.52. The van der Waals surface area contributed by atoms with E-state index in [9.17, 15) is 19.1 Å². The number of aliphatic hydroxyl groups excluding tert-OH is 2. The topological polar surface area (TPSA) is 105 Å². The zero-order chi connectivity index (χ0) is 13.5. The van der Waals surface area contributed by atoms with Crippen molar-refractivity contribution in [3.8, 4) is 0 Å². The van der Waals surface area contributed by atoms with Crippen molar-refractivity contribution < 1.29 is 19.3 Å². The maximum atomic E-state index is 14.3. The minimum absolute atomic E-state index is 0.574.